The number of carbonyl (C=O) groups excluding carboxylic acids is 2. The molecule has 0 unspecified atom stereocenters. The Hall–Kier alpha value is -2.87. The van der Waals surface area contributed by atoms with E-state index in [9.17, 15) is 14.7 Å². The third-order valence-electron chi connectivity index (χ3n) is 5.37. The van der Waals surface area contributed by atoms with Crippen molar-refractivity contribution in [2.24, 2.45) is 0 Å². The van der Waals surface area contributed by atoms with E-state index in [0.29, 0.717) is 23.7 Å². The van der Waals surface area contributed by atoms with E-state index >= 15 is 0 Å². The average molecular weight is 472 g/mol. The zero-order valence-electron chi connectivity index (χ0n) is 18.9. The van der Waals surface area contributed by atoms with E-state index in [0.717, 1.165) is 28.5 Å². The SMILES string of the molecule is CCOC(=O)CCNC(=O)c1ccc2c(C[C@@H](C)NC[C@H](O)c3cccc(Cl)c3)c[nH]c2c1. The molecule has 176 valence electrons. The number of rotatable bonds is 11. The Balaban J connectivity index is 1.54. The Bertz CT molecular complexity index is 1100. The number of fused-ring (bicyclic) bond motifs is 1. The highest BCUT2D eigenvalue weighted by Crippen LogP contribution is 2.22. The van der Waals surface area contributed by atoms with Crippen LogP contribution in [0.1, 0.15) is 47.9 Å². The van der Waals surface area contributed by atoms with Crippen molar-refractivity contribution in [2.75, 3.05) is 19.7 Å². The Morgan fingerprint density at radius 2 is 2.03 bits per heavy atom. The predicted molar refractivity (Wildman–Crippen MR) is 129 cm³/mol. The third-order valence-corrected chi connectivity index (χ3v) is 5.60. The van der Waals surface area contributed by atoms with Gasteiger partial charge in [0.1, 0.15) is 0 Å². The van der Waals surface area contributed by atoms with Crippen LogP contribution in [0.3, 0.4) is 0 Å². The van der Waals surface area contributed by atoms with Crippen LogP contribution in [-0.4, -0.2) is 47.7 Å². The molecule has 8 heteroatoms. The molecule has 33 heavy (non-hydrogen) atoms. The van der Waals surface area contributed by atoms with Crippen LogP contribution in [0, 0.1) is 0 Å². The lowest BCUT2D eigenvalue weighted by Gasteiger charge is -2.17. The minimum atomic E-state index is -0.640. The number of halogens is 1. The van der Waals surface area contributed by atoms with Gasteiger partial charge in [-0.2, -0.15) is 0 Å². The molecule has 1 heterocycles. The molecule has 1 amide bonds. The largest absolute Gasteiger partial charge is 0.466 e. The quantitative estimate of drug-likeness (QED) is 0.319. The standard InChI is InChI=1S/C25H30ClN3O4/c1-3-33-24(31)9-10-27-25(32)18-7-8-21-19(14-29-22(21)13-18)11-16(2)28-15-23(30)17-5-4-6-20(26)12-17/h4-8,12-14,16,23,28-30H,3,9-11,15H2,1-2H3,(H,27,32)/t16-,23+/m1/s1. The Morgan fingerprint density at radius 1 is 1.21 bits per heavy atom. The third kappa shape index (κ3) is 7.05. The van der Waals surface area contributed by atoms with Crippen LogP contribution in [0.25, 0.3) is 10.9 Å². The summed E-state index contributed by atoms with van der Waals surface area (Å²) >= 11 is 6.00. The van der Waals surface area contributed by atoms with Gasteiger partial charge in [-0.25, -0.2) is 0 Å². The molecule has 2 aromatic carbocycles. The van der Waals surface area contributed by atoms with E-state index < -0.39 is 6.10 Å². The molecule has 0 spiro atoms. The van der Waals surface area contributed by atoms with Crippen LogP contribution in [0.15, 0.2) is 48.7 Å². The Labute approximate surface area is 198 Å². The molecule has 0 aliphatic carbocycles. The van der Waals surface area contributed by atoms with Gasteiger partial charge in [0.05, 0.1) is 19.1 Å². The molecule has 0 radical (unpaired) electrons. The maximum Gasteiger partial charge on any atom is 0.307 e. The first kappa shape index (κ1) is 24.8. The van der Waals surface area contributed by atoms with Crippen molar-refractivity contribution in [2.45, 2.75) is 38.8 Å². The highest BCUT2D eigenvalue weighted by molar-refractivity contribution is 6.30. The van der Waals surface area contributed by atoms with Crippen molar-refractivity contribution in [3.63, 3.8) is 0 Å². The summed E-state index contributed by atoms with van der Waals surface area (Å²) in [7, 11) is 0. The normalized spacial score (nSPS) is 13.0. The highest BCUT2D eigenvalue weighted by atomic mass is 35.5. The molecular formula is C25H30ClN3O4. The second-order valence-electron chi connectivity index (χ2n) is 7.97. The number of esters is 1. The number of H-pyrrole nitrogens is 1. The van der Waals surface area contributed by atoms with Crippen LogP contribution < -0.4 is 10.6 Å². The van der Waals surface area contributed by atoms with Crippen LogP contribution in [-0.2, 0) is 16.0 Å². The smallest absolute Gasteiger partial charge is 0.307 e. The van der Waals surface area contributed by atoms with E-state index in [1.165, 1.54) is 0 Å². The maximum atomic E-state index is 12.4. The molecule has 7 nitrogen and oxygen atoms in total. The van der Waals surface area contributed by atoms with E-state index in [1.807, 2.05) is 24.4 Å². The molecule has 1 aromatic heterocycles. The molecule has 2 atom stereocenters. The number of benzene rings is 2. The maximum absolute atomic E-state index is 12.4. The topological polar surface area (TPSA) is 103 Å². The molecule has 0 aliphatic rings. The minimum Gasteiger partial charge on any atom is -0.466 e. The van der Waals surface area contributed by atoms with Gasteiger partial charge in [-0.3, -0.25) is 9.59 Å². The number of hydrogen-bond donors (Lipinski definition) is 4. The van der Waals surface area contributed by atoms with Gasteiger partial charge in [-0.15, -0.1) is 0 Å². The first-order valence-corrected chi connectivity index (χ1v) is 11.5. The van der Waals surface area contributed by atoms with E-state index in [-0.39, 0.29) is 30.9 Å². The lowest BCUT2D eigenvalue weighted by Crippen LogP contribution is -2.32. The van der Waals surface area contributed by atoms with Crippen molar-refractivity contribution in [3.05, 3.63) is 70.4 Å². The summed E-state index contributed by atoms with van der Waals surface area (Å²) in [5.41, 5.74) is 3.30. The molecule has 4 N–H and O–H groups in total. The van der Waals surface area contributed by atoms with E-state index in [4.69, 9.17) is 16.3 Å². The zero-order chi connectivity index (χ0) is 23.8. The van der Waals surface area contributed by atoms with Gasteiger partial charge in [-0.05, 0) is 55.7 Å². The van der Waals surface area contributed by atoms with E-state index in [1.54, 1.807) is 31.2 Å². The second kappa shape index (κ2) is 11.8. The number of nitrogens with one attached hydrogen (secondary N) is 3. The minimum absolute atomic E-state index is 0.128. The van der Waals surface area contributed by atoms with Gasteiger partial charge in [0.25, 0.3) is 5.91 Å². The molecule has 0 saturated heterocycles. The summed E-state index contributed by atoms with van der Waals surface area (Å²) in [6.07, 6.45) is 2.20. The molecule has 0 saturated carbocycles. The Kier molecular flexibility index (Phi) is 8.88. The van der Waals surface area contributed by atoms with Crippen LogP contribution >= 0.6 is 11.6 Å². The Morgan fingerprint density at radius 3 is 2.79 bits per heavy atom. The molecular weight excluding hydrogens is 442 g/mol. The summed E-state index contributed by atoms with van der Waals surface area (Å²) < 4.78 is 4.86. The predicted octanol–water partition coefficient (Wildman–Crippen LogP) is 3.76. The fraction of sp³-hybridized carbons (Fsp3) is 0.360. The number of aliphatic hydroxyl groups excluding tert-OH is 1. The number of hydrogen-bond acceptors (Lipinski definition) is 5. The van der Waals surface area contributed by atoms with Crippen molar-refractivity contribution in [1.29, 1.82) is 0 Å². The molecule has 3 rings (SSSR count). The van der Waals surface area contributed by atoms with E-state index in [2.05, 4.69) is 22.5 Å². The molecule has 0 fully saturated rings. The van der Waals surface area contributed by atoms with Crippen LogP contribution in [0.2, 0.25) is 5.02 Å². The number of carbonyl (C=O) groups is 2. The first-order valence-electron chi connectivity index (χ1n) is 11.1. The number of aromatic amines is 1. The lowest BCUT2D eigenvalue weighted by molar-refractivity contribution is -0.142. The van der Waals surface area contributed by atoms with Gasteiger partial charge in [0, 0.05) is 46.8 Å². The van der Waals surface area contributed by atoms with Gasteiger partial charge >= 0.3 is 5.97 Å². The van der Waals surface area contributed by atoms with Gasteiger partial charge < -0.3 is 25.5 Å². The summed E-state index contributed by atoms with van der Waals surface area (Å²) in [6.45, 7) is 4.79. The highest BCUT2D eigenvalue weighted by Gasteiger charge is 2.14. The fourth-order valence-corrected chi connectivity index (χ4v) is 3.86. The summed E-state index contributed by atoms with van der Waals surface area (Å²) in [5.74, 6) is -0.563. The van der Waals surface area contributed by atoms with Gasteiger partial charge in [-0.1, -0.05) is 29.8 Å². The molecule has 0 aliphatic heterocycles. The lowest BCUT2D eigenvalue weighted by atomic mass is 10.0. The van der Waals surface area contributed by atoms with Crippen molar-refractivity contribution in [3.8, 4) is 0 Å². The van der Waals surface area contributed by atoms with Crippen molar-refractivity contribution >= 4 is 34.4 Å². The first-order chi connectivity index (χ1) is 15.9. The summed E-state index contributed by atoms with van der Waals surface area (Å²) in [4.78, 5) is 27.0. The van der Waals surface area contributed by atoms with Crippen molar-refractivity contribution < 1.29 is 19.4 Å². The number of amides is 1. The fourth-order valence-electron chi connectivity index (χ4n) is 3.66. The monoisotopic (exact) mass is 471 g/mol. The number of aromatic nitrogens is 1. The van der Waals surface area contributed by atoms with Crippen LogP contribution in [0.4, 0.5) is 0 Å². The molecule has 3 aromatic rings. The summed E-state index contributed by atoms with van der Waals surface area (Å²) in [6, 6.07) is 12.9. The summed E-state index contributed by atoms with van der Waals surface area (Å²) in [5, 5.41) is 18.2. The van der Waals surface area contributed by atoms with Crippen molar-refractivity contribution in [1.82, 2.24) is 15.6 Å². The van der Waals surface area contributed by atoms with Gasteiger partial charge in [0.2, 0.25) is 0 Å². The zero-order valence-corrected chi connectivity index (χ0v) is 19.6. The average Bonchev–Trinajstić information content (AvgIpc) is 3.19. The second-order valence-corrected chi connectivity index (χ2v) is 8.41. The number of ether oxygens (including phenoxy) is 1. The van der Waals surface area contributed by atoms with Crippen LogP contribution in [0.5, 0.6) is 0 Å². The number of aliphatic hydroxyl groups is 1. The molecule has 0 bridgehead atoms. The van der Waals surface area contributed by atoms with Gasteiger partial charge in [0.15, 0.2) is 0 Å².